The molecule has 18 heavy (non-hydrogen) atoms. The van der Waals surface area contributed by atoms with Crippen molar-refractivity contribution in [1.82, 2.24) is 5.32 Å². The molecule has 1 fully saturated rings. The minimum absolute atomic E-state index is 0.117. The fourth-order valence-corrected chi connectivity index (χ4v) is 2.71. The van der Waals surface area contributed by atoms with E-state index in [-0.39, 0.29) is 17.9 Å². The molecule has 3 nitrogen and oxygen atoms in total. The van der Waals surface area contributed by atoms with Crippen LogP contribution in [0.5, 0.6) is 0 Å². The fraction of sp³-hybridized carbons (Fsp3) is 0.500. The first-order valence-electron chi connectivity index (χ1n) is 6.30. The Morgan fingerprint density at radius 1 is 1.39 bits per heavy atom. The summed E-state index contributed by atoms with van der Waals surface area (Å²) >= 11 is 5.85. The van der Waals surface area contributed by atoms with E-state index in [4.69, 9.17) is 11.6 Å². The highest BCUT2D eigenvalue weighted by molar-refractivity contribution is 6.30. The largest absolute Gasteiger partial charge is 0.396 e. The number of benzene rings is 1. The smallest absolute Gasteiger partial charge is 0.251 e. The fourth-order valence-electron chi connectivity index (χ4n) is 2.52. The minimum Gasteiger partial charge on any atom is -0.396 e. The molecule has 1 aliphatic rings. The molecule has 2 N–H and O–H groups in total. The molecule has 1 saturated carbocycles. The van der Waals surface area contributed by atoms with Crippen molar-refractivity contribution in [3.8, 4) is 0 Å². The van der Waals surface area contributed by atoms with Gasteiger partial charge < -0.3 is 10.4 Å². The van der Waals surface area contributed by atoms with Crippen LogP contribution in [0.1, 0.15) is 36.0 Å². The maximum absolute atomic E-state index is 12.0. The lowest BCUT2D eigenvalue weighted by molar-refractivity contribution is 0.0880. The van der Waals surface area contributed by atoms with Crippen molar-refractivity contribution in [2.45, 2.75) is 25.7 Å². The molecule has 0 spiro atoms. The lowest BCUT2D eigenvalue weighted by Crippen LogP contribution is -2.38. The van der Waals surface area contributed by atoms with Crippen LogP contribution in [0.3, 0.4) is 0 Å². The minimum atomic E-state index is -0.128. The number of carbonyl (C=O) groups is 1. The van der Waals surface area contributed by atoms with Crippen molar-refractivity contribution in [3.63, 3.8) is 0 Å². The van der Waals surface area contributed by atoms with Crippen LogP contribution in [0.2, 0.25) is 5.02 Å². The quantitative estimate of drug-likeness (QED) is 0.881. The number of aliphatic hydroxyl groups is 1. The maximum atomic E-state index is 12.0. The number of halogens is 1. The first-order valence-corrected chi connectivity index (χ1v) is 6.68. The Morgan fingerprint density at radius 3 is 2.72 bits per heavy atom. The van der Waals surface area contributed by atoms with E-state index < -0.39 is 0 Å². The van der Waals surface area contributed by atoms with Gasteiger partial charge in [-0.05, 0) is 31.0 Å². The van der Waals surface area contributed by atoms with Gasteiger partial charge >= 0.3 is 0 Å². The van der Waals surface area contributed by atoms with Crippen LogP contribution in [0.15, 0.2) is 24.3 Å². The molecule has 4 heteroatoms. The third kappa shape index (κ3) is 3.03. The van der Waals surface area contributed by atoms with Crippen LogP contribution in [0.4, 0.5) is 0 Å². The summed E-state index contributed by atoms with van der Waals surface area (Å²) in [5.74, 6) is -0.128. The number of hydrogen-bond acceptors (Lipinski definition) is 2. The zero-order valence-electron chi connectivity index (χ0n) is 10.3. The molecule has 2 rings (SSSR count). The summed E-state index contributed by atoms with van der Waals surface area (Å²) in [5.41, 5.74) is 0.447. The number of rotatable bonds is 4. The summed E-state index contributed by atoms with van der Waals surface area (Å²) in [5, 5.41) is 12.9. The second-order valence-electron chi connectivity index (χ2n) is 5.06. The van der Waals surface area contributed by atoms with Crippen LogP contribution < -0.4 is 5.32 Å². The van der Waals surface area contributed by atoms with Crippen molar-refractivity contribution < 1.29 is 9.90 Å². The molecule has 0 aliphatic heterocycles. The third-order valence-corrected chi connectivity index (χ3v) is 3.95. The average Bonchev–Trinajstić information content (AvgIpc) is 2.85. The predicted molar refractivity (Wildman–Crippen MR) is 71.8 cm³/mol. The lowest BCUT2D eigenvalue weighted by atomic mass is 9.87. The van der Waals surface area contributed by atoms with Crippen LogP contribution in [0, 0.1) is 5.41 Å². The number of hydrogen-bond donors (Lipinski definition) is 2. The SMILES string of the molecule is O=C(NCC1(CO)CCCC1)c1cccc(Cl)c1. The molecule has 98 valence electrons. The highest BCUT2D eigenvalue weighted by Crippen LogP contribution is 2.36. The molecule has 0 heterocycles. The van der Waals surface area contributed by atoms with E-state index in [0.717, 1.165) is 25.7 Å². The highest BCUT2D eigenvalue weighted by Gasteiger charge is 2.33. The van der Waals surface area contributed by atoms with Gasteiger partial charge in [0.1, 0.15) is 0 Å². The molecule has 1 aromatic carbocycles. The van der Waals surface area contributed by atoms with Gasteiger partial charge in [0, 0.05) is 22.5 Å². The van der Waals surface area contributed by atoms with E-state index in [1.807, 2.05) is 0 Å². The van der Waals surface area contributed by atoms with Crippen LogP contribution in [-0.4, -0.2) is 24.2 Å². The van der Waals surface area contributed by atoms with Gasteiger partial charge in [0.05, 0.1) is 6.61 Å². The number of amides is 1. The second-order valence-corrected chi connectivity index (χ2v) is 5.49. The van der Waals surface area contributed by atoms with Crippen LogP contribution in [0.25, 0.3) is 0 Å². The van der Waals surface area contributed by atoms with E-state index in [1.54, 1.807) is 24.3 Å². The summed E-state index contributed by atoms with van der Waals surface area (Å²) < 4.78 is 0. The van der Waals surface area contributed by atoms with Crippen LogP contribution >= 0.6 is 11.6 Å². The summed E-state index contributed by atoms with van der Waals surface area (Å²) in [7, 11) is 0. The Labute approximate surface area is 112 Å². The molecule has 1 amide bonds. The number of carbonyl (C=O) groups excluding carboxylic acids is 1. The zero-order chi connectivity index (χ0) is 13.0. The van der Waals surface area contributed by atoms with Gasteiger partial charge in [0.15, 0.2) is 0 Å². The Hall–Kier alpha value is -1.06. The molecule has 1 aromatic rings. The van der Waals surface area contributed by atoms with Crippen molar-refractivity contribution in [2.75, 3.05) is 13.2 Å². The molecule has 0 saturated heterocycles. The summed E-state index contributed by atoms with van der Waals surface area (Å²) in [4.78, 5) is 12.0. The third-order valence-electron chi connectivity index (χ3n) is 3.71. The predicted octanol–water partition coefficient (Wildman–Crippen LogP) is 2.62. The first-order chi connectivity index (χ1) is 8.65. The molecule has 0 unspecified atom stereocenters. The molecule has 1 aliphatic carbocycles. The van der Waals surface area contributed by atoms with Gasteiger partial charge in [-0.15, -0.1) is 0 Å². The zero-order valence-corrected chi connectivity index (χ0v) is 11.0. The Morgan fingerprint density at radius 2 is 2.11 bits per heavy atom. The summed E-state index contributed by atoms with van der Waals surface area (Å²) in [6.07, 6.45) is 4.24. The second kappa shape index (κ2) is 5.72. The van der Waals surface area contributed by atoms with Gasteiger partial charge in [0.25, 0.3) is 5.91 Å². The normalized spacial score (nSPS) is 17.7. The van der Waals surface area contributed by atoms with E-state index in [2.05, 4.69) is 5.32 Å². The molecule has 0 atom stereocenters. The van der Waals surface area contributed by atoms with Crippen molar-refractivity contribution in [1.29, 1.82) is 0 Å². The van der Waals surface area contributed by atoms with E-state index in [0.29, 0.717) is 17.1 Å². The average molecular weight is 268 g/mol. The van der Waals surface area contributed by atoms with Crippen molar-refractivity contribution >= 4 is 17.5 Å². The molecule has 0 bridgehead atoms. The van der Waals surface area contributed by atoms with Gasteiger partial charge in [0.2, 0.25) is 0 Å². The Kier molecular flexibility index (Phi) is 4.25. The van der Waals surface area contributed by atoms with Gasteiger partial charge in [-0.3, -0.25) is 4.79 Å². The summed E-state index contributed by atoms with van der Waals surface area (Å²) in [6.45, 7) is 0.678. The van der Waals surface area contributed by atoms with Crippen LogP contribution in [-0.2, 0) is 0 Å². The molecular weight excluding hydrogens is 250 g/mol. The highest BCUT2D eigenvalue weighted by atomic mass is 35.5. The topological polar surface area (TPSA) is 49.3 Å². The monoisotopic (exact) mass is 267 g/mol. The Balaban J connectivity index is 1.96. The van der Waals surface area contributed by atoms with E-state index >= 15 is 0 Å². The molecule has 0 aromatic heterocycles. The summed E-state index contributed by atoms with van der Waals surface area (Å²) in [6, 6.07) is 6.89. The number of nitrogens with one attached hydrogen (secondary N) is 1. The molecular formula is C14H18ClNO2. The number of aliphatic hydroxyl groups excluding tert-OH is 1. The van der Waals surface area contributed by atoms with Gasteiger partial charge in [-0.25, -0.2) is 0 Å². The standard InChI is InChI=1S/C14H18ClNO2/c15-12-5-3-4-11(8-12)13(18)16-9-14(10-17)6-1-2-7-14/h3-5,8,17H,1-2,6-7,9-10H2,(H,16,18). The van der Waals surface area contributed by atoms with E-state index in [9.17, 15) is 9.90 Å². The molecule has 0 radical (unpaired) electrons. The van der Waals surface area contributed by atoms with Crippen molar-refractivity contribution in [3.05, 3.63) is 34.9 Å². The van der Waals surface area contributed by atoms with E-state index in [1.165, 1.54) is 0 Å². The van der Waals surface area contributed by atoms with Crippen molar-refractivity contribution in [2.24, 2.45) is 5.41 Å². The first kappa shape index (κ1) is 13.4. The lowest BCUT2D eigenvalue weighted by Gasteiger charge is -2.26. The Bertz CT molecular complexity index is 428. The van der Waals surface area contributed by atoms with Gasteiger partial charge in [-0.1, -0.05) is 30.5 Å². The maximum Gasteiger partial charge on any atom is 0.251 e. The van der Waals surface area contributed by atoms with Gasteiger partial charge in [-0.2, -0.15) is 0 Å².